The molecule has 1 saturated carbocycles. The molecule has 0 radical (unpaired) electrons. The van der Waals surface area contributed by atoms with E-state index in [1.807, 2.05) is 6.07 Å². The summed E-state index contributed by atoms with van der Waals surface area (Å²) >= 11 is 0. The van der Waals surface area contributed by atoms with Crippen molar-refractivity contribution in [3.8, 4) is 5.75 Å². The van der Waals surface area contributed by atoms with Crippen LogP contribution in [0.1, 0.15) is 95.9 Å². The fourth-order valence-corrected chi connectivity index (χ4v) is 5.78. The maximum atomic E-state index is 10.6. The molecule has 2 aliphatic carbocycles. The van der Waals surface area contributed by atoms with Gasteiger partial charge >= 0.3 is 0 Å². The Bertz CT molecular complexity index is 617. The average Bonchev–Trinajstić information content (AvgIpc) is 2.48. The monoisotopic (exact) mass is 330 g/mol. The molecule has 2 aliphatic rings. The summed E-state index contributed by atoms with van der Waals surface area (Å²) in [4.78, 5) is 0. The van der Waals surface area contributed by atoms with Gasteiger partial charge in [0.1, 0.15) is 5.75 Å². The lowest BCUT2D eigenvalue weighted by Gasteiger charge is -2.56. The minimum Gasteiger partial charge on any atom is -0.508 e. The first-order valence-corrected chi connectivity index (χ1v) is 9.70. The third-order valence-electron chi connectivity index (χ3n) is 6.83. The number of phenols is 1. The predicted octanol–water partition coefficient (Wildman–Crippen LogP) is 6.08. The molecule has 3 unspecified atom stereocenters. The highest BCUT2D eigenvalue weighted by Crippen LogP contribution is 2.61. The molecule has 1 aromatic rings. The zero-order valence-corrected chi connectivity index (χ0v) is 16.3. The Labute approximate surface area is 147 Å². The van der Waals surface area contributed by atoms with Crippen LogP contribution in [0, 0.1) is 11.3 Å². The smallest absolute Gasteiger partial charge is 0.119 e. The number of rotatable bonds is 3. The van der Waals surface area contributed by atoms with Crippen molar-refractivity contribution in [1.29, 1.82) is 0 Å². The maximum Gasteiger partial charge on any atom is 0.119 e. The highest BCUT2D eigenvalue weighted by atomic mass is 16.5. The molecule has 0 bridgehead atoms. The molecular weight excluding hydrogens is 296 g/mol. The number of hydrogen-bond acceptors (Lipinski definition) is 2. The van der Waals surface area contributed by atoms with Crippen LogP contribution in [0.5, 0.6) is 5.75 Å². The van der Waals surface area contributed by atoms with E-state index in [0.29, 0.717) is 23.0 Å². The second-order valence-electron chi connectivity index (χ2n) is 9.11. The standard InChI is InChI=1S/C22H34O2/c1-7-24-17-13-18-21(4,5)11-8-12-22(18,6)15-9-10-16(23)19(14(2)3)20(15)17/h9-10,14,17-18,23H,7-8,11-13H2,1-6H3. The number of benzene rings is 1. The summed E-state index contributed by atoms with van der Waals surface area (Å²) in [5.41, 5.74) is 4.38. The Hall–Kier alpha value is -1.02. The van der Waals surface area contributed by atoms with Gasteiger partial charge in [0.2, 0.25) is 0 Å². The highest BCUT2D eigenvalue weighted by molar-refractivity contribution is 5.52. The van der Waals surface area contributed by atoms with E-state index in [1.165, 1.54) is 30.4 Å². The van der Waals surface area contributed by atoms with Crippen LogP contribution < -0.4 is 0 Å². The number of aromatic hydroxyl groups is 1. The second-order valence-corrected chi connectivity index (χ2v) is 9.11. The molecule has 0 spiro atoms. The zero-order chi connectivity index (χ0) is 17.7. The van der Waals surface area contributed by atoms with E-state index < -0.39 is 0 Å². The minimum absolute atomic E-state index is 0.116. The molecule has 0 saturated heterocycles. The lowest BCUT2D eigenvalue weighted by atomic mass is 9.49. The van der Waals surface area contributed by atoms with Gasteiger partial charge in [-0.2, -0.15) is 0 Å². The van der Waals surface area contributed by atoms with Gasteiger partial charge in [-0.05, 0) is 66.0 Å². The summed E-state index contributed by atoms with van der Waals surface area (Å²) in [6.45, 7) is 14.5. The van der Waals surface area contributed by atoms with E-state index in [4.69, 9.17) is 4.74 Å². The Kier molecular flexibility index (Phi) is 4.49. The second kappa shape index (κ2) is 6.05. The van der Waals surface area contributed by atoms with E-state index in [-0.39, 0.29) is 11.5 Å². The highest BCUT2D eigenvalue weighted by Gasteiger charge is 2.52. The van der Waals surface area contributed by atoms with Crippen molar-refractivity contribution >= 4 is 0 Å². The predicted molar refractivity (Wildman–Crippen MR) is 99.7 cm³/mol. The Morgan fingerprint density at radius 3 is 2.54 bits per heavy atom. The first-order chi connectivity index (χ1) is 11.2. The van der Waals surface area contributed by atoms with E-state index in [2.05, 4.69) is 47.6 Å². The van der Waals surface area contributed by atoms with Crippen molar-refractivity contribution in [2.24, 2.45) is 11.3 Å². The lowest BCUT2D eigenvalue weighted by Crippen LogP contribution is -2.49. The Morgan fingerprint density at radius 2 is 1.92 bits per heavy atom. The van der Waals surface area contributed by atoms with Crippen LogP contribution in [0.2, 0.25) is 0 Å². The first kappa shape index (κ1) is 17.8. The molecule has 2 nitrogen and oxygen atoms in total. The van der Waals surface area contributed by atoms with Gasteiger partial charge in [0.25, 0.3) is 0 Å². The Morgan fingerprint density at radius 1 is 1.21 bits per heavy atom. The van der Waals surface area contributed by atoms with Crippen LogP contribution in [0.4, 0.5) is 0 Å². The molecule has 0 heterocycles. The largest absolute Gasteiger partial charge is 0.508 e. The van der Waals surface area contributed by atoms with Crippen LogP contribution in [0.25, 0.3) is 0 Å². The lowest BCUT2D eigenvalue weighted by molar-refractivity contribution is -0.0363. The molecule has 1 aromatic carbocycles. The van der Waals surface area contributed by atoms with Crippen molar-refractivity contribution in [2.75, 3.05) is 6.61 Å². The normalized spacial score (nSPS) is 31.6. The number of fused-ring (bicyclic) bond motifs is 3. The fraction of sp³-hybridized carbons (Fsp3) is 0.727. The van der Waals surface area contributed by atoms with Gasteiger partial charge in [0.05, 0.1) is 6.10 Å². The maximum absolute atomic E-state index is 10.6. The van der Waals surface area contributed by atoms with Crippen LogP contribution in [0.3, 0.4) is 0 Å². The summed E-state index contributed by atoms with van der Waals surface area (Å²) in [6, 6.07) is 4.11. The van der Waals surface area contributed by atoms with Crippen molar-refractivity contribution < 1.29 is 9.84 Å². The van der Waals surface area contributed by atoms with Crippen LogP contribution in [0.15, 0.2) is 12.1 Å². The third-order valence-corrected chi connectivity index (χ3v) is 6.83. The van der Waals surface area contributed by atoms with Crippen molar-refractivity contribution in [2.45, 2.75) is 84.7 Å². The molecule has 0 aromatic heterocycles. The summed E-state index contributed by atoms with van der Waals surface area (Å²) in [6.07, 6.45) is 5.03. The summed E-state index contributed by atoms with van der Waals surface area (Å²) < 4.78 is 6.23. The average molecular weight is 331 g/mol. The van der Waals surface area contributed by atoms with Crippen LogP contribution in [-0.2, 0) is 10.2 Å². The topological polar surface area (TPSA) is 29.5 Å². The van der Waals surface area contributed by atoms with E-state index in [9.17, 15) is 5.11 Å². The van der Waals surface area contributed by atoms with Crippen molar-refractivity contribution in [3.05, 3.63) is 28.8 Å². The molecule has 3 atom stereocenters. The van der Waals surface area contributed by atoms with Gasteiger partial charge in [0.15, 0.2) is 0 Å². The number of ether oxygens (including phenoxy) is 1. The molecule has 0 amide bonds. The third kappa shape index (κ3) is 2.58. The quantitative estimate of drug-likeness (QED) is 0.727. The summed E-state index contributed by atoms with van der Waals surface area (Å²) in [7, 11) is 0. The van der Waals surface area contributed by atoms with Gasteiger partial charge in [-0.15, -0.1) is 0 Å². The Balaban J connectivity index is 2.24. The van der Waals surface area contributed by atoms with Gasteiger partial charge in [-0.25, -0.2) is 0 Å². The van der Waals surface area contributed by atoms with E-state index >= 15 is 0 Å². The molecule has 1 N–H and O–H groups in total. The number of hydrogen-bond donors (Lipinski definition) is 1. The van der Waals surface area contributed by atoms with Crippen LogP contribution >= 0.6 is 0 Å². The fourth-order valence-electron chi connectivity index (χ4n) is 5.78. The molecule has 24 heavy (non-hydrogen) atoms. The summed E-state index contributed by atoms with van der Waals surface area (Å²) in [5.74, 6) is 1.37. The molecule has 0 aliphatic heterocycles. The first-order valence-electron chi connectivity index (χ1n) is 9.70. The summed E-state index contributed by atoms with van der Waals surface area (Å²) in [5, 5.41) is 10.6. The zero-order valence-electron chi connectivity index (χ0n) is 16.3. The molecule has 2 heteroatoms. The number of phenolic OH excluding ortho intramolecular Hbond substituents is 1. The molecule has 1 fully saturated rings. The van der Waals surface area contributed by atoms with E-state index in [0.717, 1.165) is 18.6 Å². The SMILES string of the molecule is CCOC1CC2C(C)(C)CCCC2(C)c2ccc(O)c(C(C)C)c21. The molecular formula is C22H34O2. The molecule has 134 valence electrons. The van der Waals surface area contributed by atoms with Gasteiger partial charge in [-0.3, -0.25) is 0 Å². The van der Waals surface area contributed by atoms with Crippen molar-refractivity contribution in [3.63, 3.8) is 0 Å². The van der Waals surface area contributed by atoms with Crippen molar-refractivity contribution in [1.82, 2.24) is 0 Å². The van der Waals surface area contributed by atoms with Gasteiger partial charge < -0.3 is 9.84 Å². The minimum atomic E-state index is 0.116. The van der Waals surface area contributed by atoms with Gasteiger partial charge in [-0.1, -0.05) is 47.1 Å². The van der Waals surface area contributed by atoms with Gasteiger partial charge in [0, 0.05) is 12.2 Å². The molecule has 3 rings (SSSR count). The van der Waals surface area contributed by atoms with Crippen LogP contribution in [-0.4, -0.2) is 11.7 Å². The van der Waals surface area contributed by atoms with E-state index in [1.54, 1.807) is 0 Å².